The molecule has 1 aliphatic heterocycles. The molecule has 1 atom stereocenters. The summed E-state index contributed by atoms with van der Waals surface area (Å²) in [5, 5.41) is 5.95. The van der Waals surface area contributed by atoms with Gasteiger partial charge in [-0.15, -0.1) is 0 Å². The van der Waals surface area contributed by atoms with E-state index in [2.05, 4.69) is 10.6 Å². The highest BCUT2D eigenvalue weighted by Crippen LogP contribution is 2.31. The van der Waals surface area contributed by atoms with Gasteiger partial charge in [0.1, 0.15) is 6.54 Å². The van der Waals surface area contributed by atoms with Gasteiger partial charge < -0.3 is 20.4 Å². The number of para-hydroxylation sites is 2. The van der Waals surface area contributed by atoms with Gasteiger partial charge in [-0.2, -0.15) is 0 Å². The van der Waals surface area contributed by atoms with Gasteiger partial charge in [0.25, 0.3) is 0 Å². The fraction of sp³-hybridized carbons (Fsp3) is 0.591. The van der Waals surface area contributed by atoms with E-state index >= 15 is 0 Å². The largest absolute Gasteiger partial charge is 0.335 e. The van der Waals surface area contributed by atoms with Crippen molar-refractivity contribution < 1.29 is 14.4 Å². The van der Waals surface area contributed by atoms with Crippen molar-refractivity contribution in [3.05, 3.63) is 24.3 Å². The van der Waals surface area contributed by atoms with E-state index in [-0.39, 0.29) is 42.9 Å². The lowest BCUT2D eigenvalue weighted by Gasteiger charge is -2.30. The molecule has 0 aromatic heterocycles. The molecule has 1 saturated carbocycles. The Balaban J connectivity index is 1.65. The number of amides is 4. The highest BCUT2D eigenvalue weighted by atomic mass is 16.2. The summed E-state index contributed by atoms with van der Waals surface area (Å²) in [4.78, 5) is 40.9. The van der Waals surface area contributed by atoms with E-state index in [0.29, 0.717) is 11.4 Å². The predicted molar refractivity (Wildman–Crippen MR) is 114 cm³/mol. The number of benzene rings is 1. The van der Waals surface area contributed by atoms with Crippen LogP contribution in [0.2, 0.25) is 0 Å². The van der Waals surface area contributed by atoms with Crippen molar-refractivity contribution in [1.29, 1.82) is 0 Å². The minimum Gasteiger partial charge on any atom is -0.335 e. The van der Waals surface area contributed by atoms with Crippen molar-refractivity contribution in [2.75, 3.05) is 23.8 Å². The summed E-state index contributed by atoms with van der Waals surface area (Å²) >= 11 is 0. The van der Waals surface area contributed by atoms with E-state index in [4.69, 9.17) is 0 Å². The van der Waals surface area contributed by atoms with Crippen molar-refractivity contribution in [1.82, 2.24) is 10.2 Å². The lowest BCUT2D eigenvalue weighted by molar-refractivity contribution is -0.119. The minimum atomic E-state index is -0.284. The van der Waals surface area contributed by atoms with Crippen molar-refractivity contribution in [3.63, 3.8) is 0 Å². The molecule has 7 heteroatoms. The molecule has 1 fully saturated rings. The molecule has 29 heavy (non-hydrogen) atoms. The van der Waals surface area contributed by atoms with Gasteiger partial charge in [0.05, 0.1) is 11.4 Å². The van der Waals surface area contributed by atoms with Crippen molar-refractivity contribution in [2.45, 2.75) is 70.4 Å². The van der Waals surface area contributed by atoms with Crippen LogP contribution in [0.1, 0.15) is 58.3 Å². The molecule has 2 aliphatic rings. The fourth-order valence-corrected chi connectivity index (χ4v) is 4.20. The molecule has 1 aromatic rings. The van der Waals surface area contributed by atoms with E-state index in [9.17, 15) is 14.4 Å². The Morgan fingerprint density at radius 3 is 2.52 bits per heavy atom. The summed E-state index contributed by atoms with van der Waals surface area (Å²) in [6.07, 6.45) is 8.21. The van der Waals surface area contributed by atoms with Gasteiger partial charge in [-0.1, -0.05) is 44.2 Å². The monoisotopic (exact) mass is 400 g/mol. The molecule has 1 heterocycles. The first-order chi connectivity index (χ1) is 14.0. The zero-order valence-corrected chi connectivity index (χ0v) is 17.4. The summed E-state index contributed by atoms with van der Waals surface area (Å²) in [6, 6.07) is 6.96. The van der Waals surface area contributed by atoms with E-state index < -0.39 is 0 Å². The number of anilines is 2. The summed E-state index contributed by atoms with van der Waals surface area (Å²) in [5.74, 6) is -0.313. The Kier molecular flexibility index (Phi) is 7.12. The van der Waals surface area contributed by atoms with Gasteiger partial charge in [-0.05, 0) is 31.9 Å². The van der Waals surface area contributed by atoms with Crippen molar-refractivity contribution >= 4 is 29.2 Å². The van der Waals surface area contributed by atoms with Gasteiger partial charge in [0, 0.05) is 25.6 Å². The van der Waals surface area contributed by atoms with E-state index in [1.54, 1.807) is 18.0 Å². The van der Waals surface area contributed by atoms with Crippen LogP contribution in [-0.2, 0) is 9.59 Å². The van der Waals surface area contributed by atoms with Gasteiger partial charge in [0.2, 0.25) is 11.8 Å². The molecular weight excluding hydrogens is 368 g/mol. The third kappa shape index (κ3) is 5.49. The SMILES string of the molecule is C[C@H]1CC(=O)Nc2ccccc2N1C(=O)CN(C)C(=O)NC1CCCCCCC1. The Bertz CT molecular complexity index is 743. The maximum Gasteiger partial charge on any atom is 0.317 e. The van der Waals surface area contributed by atoms with Crippen LogP contribution in [0.15, 0.2) is 24.3 Å². The zero-order valence-electron chi connectivity index (χ0n) is 17.4. The number of carbonyl (C=O) groups excluding carboxylic acids is 3. The van der Waals surface area contributed by atoms with E-state index in [1.165, 1.54) is 24.2 Å². The smallest absolute Gasteiger partial charge is 0.317 e. The first kappa shape index (κ1) is 21.1. The number of rotatable bonds is 3. The Morgan fingerprint density at radius 1 is 1.14 bits per heavy atom. The summed E-state index contributed by atoms with van der Waals surface area (Å²) in [6.45, 7) is 1.82. The number of nitrogens with zero attached hydrogens (tertiary/aromatic N) is 2. The second kappa shape index (κ2) is 9.76. The van der Waals surface area contributed by atoms with Crippen LogP contribution in [0.25, 0.3) is 0 Å². The minimum absolute atomic E-state index is 0.0363. The summed E-state index contributed by atoms with van der Waals surface area (Å²) in [7, 11) is 1.65. The number of hydrogen-bond donors (Lipinski definition) is 2. The van der Waals surface area contributed by atoms with E-state index in [1.807, 2.05) is 25.1 Å². The standard InChI is InChI=1S/C22H32N4O3/c1-16-14-20(27)24-18-12-8-9-13-19(18)26(16)21(28)15-25(2)22(29)23-17-10-6-4-3-5-7-11-17/h8-9,12-13,16-17H,3-7,10-11,14-15H2,1-2H3,(H,23,29)(H,24,27)/t16-/m0/s1. The first-order valence-electron chi connectivity index (χ1n) is 10.7. The average molecular weight is 401 g/mol. The molecule has 0 bridgehead atoms. The third-order valence-electron chi connectivity index (χ3n) is 5.78. The Hall–Kier alpha value is -2.57. The molecule has 0 radical (unpaired) electrons. The highest BCUT2D eigenvalue weighted by molar-refractivity contribution is 6.05. The second-order valence-electron chi connectivity index (χ2n) is 8.23. The third-order valence-corrected chi connectivity index (χ3v) is 5.78. The van der Waals surface area contributed by atoms with Crippen LogP contribution >= 0.6 is 0 Å². The number of likely N-dealkylation sites (N-methyl/N-ethyl adjacent to an activating group) is 1. The summed E-state index contributed by atoms with van der Waals surface area (Å²) in [5.41, 5.74) is 1.29. The van der Waals surface area contributed by atoms with Crippen LogP contribution < -0.4 is 15.5 Å². The normalized spacial score (nSPS) is 20.6. The lowest BCUT2D eigenvalue weighted by Crippen LogP contribution is -2.49. The molecule has 1 aliphatic carbocycles. The average Bonchev–Trinajstić information content (AvgIpc) is 2.77. The topological polar surface area (TPSA) is 81.8 Å². The molecule has 0 spiro atoms. The molecule has 1 aromatic carbocycles. The lowest BCUT2D eigenvalue weighted by atomic mass is 9.97. The number of nitrogens with one attached hydrogen (secondary N) is 2. The Labute approximate surface area is 172 Å². The molecule has 0 unspecified atom stereocenters. The van der Waals surface area contributed by atoms with Gasteiger partial charge in [0.15, 0.2) is 0 Å². The number of fused-ring (bicyclic) bond motifs is 1. The number of urea groups is 1. The second-order valence-corrected chi connectivity index (χ2v) is 8.23. The maximum absolute atomic E-state index is 13.1. The molecular formula is C22H32N4O3. The fourth-order valence-electron chi connectivity index (χ4n) is 4.20. The van der Waals surface area contributed by atoms with Gasteiger partial charge in [-0.3, -0.25) is 9.59 Å². The zero-order chi connectivity index (χ0) is 20.8. The molecule has 3 rings (SSSR count). The maximum atomic E-state index is 13.1. The summed E-state index contributed by atoms with van der Waals surface area (Å²) < 4.78 is 0. The molecule has 4 amide bonds. The molecule has 2 N–H and O–H groups in total. The van der Waals surface area contributed by atoms with Crippen molar-refractivity contribution in [3.8, 4) is 0 Å². The highest BCUT2D eigenvalue weighted by Gasteiger charge is 2.30. The number of hydrogen-bond acceptors (Lipinski definition) is 3. The van der Waals surface area contributed by atoms with Crippen LogP contribution in [0, 0.1) is 0 Å². The van der Waals surface area contributed by atoms with Crippen LogP contribution in [-0.4, -0.2) is 48.4 Å². The van der Waals surface area contributed by atoms with Crippen LogP contribution in [0.3, 0.4) is 0 Å². The quantitative estimate of drug-likeness (QED) is 0.815. The van der Waals surface area contributed by atoms with E-state index in [0.717, 1.165) is 25.7 Å². The predicted octanol–water partition coefficient (Wildman–Crippen LogP) is 3.50. The van der Waals surface area contributed by atoms with Crippen molar-refractivity contribution in [2.24, 2.45) is 0 Å². The van der Waals surface area contributed by atoms with Crippen LogP contribution in [0.4, 0.5) is 16.2 Å². The Morgan fingerprint density at radius 2 is 1.79 bits per heavy atom. The molecule has 7 nitrogen and oxygen atoms in total. The molecule has 0 saturated heterocycles. The number of carbonyl (C=O) groups is 3. The van der Waals surface area contributed by atoms with Crippen LogP contribution in [0.5, 0.6) is 0 Å². The van der Waals surface area contributed by atoms with Gasteiger partial charge >= 0.3 is 6.03 Å². The first-order valence-corrected chi connectivity index (χ1v) is 10.7. The molecule has 158 valence electrons. The van der Waals surface area contributed by atoms with Gasteiger partial charge in [-0.25, -0.2) is 4.79 Å².